The average Bonchev–Trinajstić information content (AvgIpc) is 3.03. The molecule has 2 rings (SSSR count). The Morgan fingerprint density at radius 1 is 1.37 bits per heavy atom. The maximum atomic E-state index is 13.3. The van der Waals surface area contributed by atoms with Gasteiger partial charge in [0, 0.05) is 55.9 Å². The average molecular weight is 408 g/mol. The van der Waals surface area contributed by atoms with Crippen LogP contribution in [0, 0.1) is 5.92 Å². The van der Waals surface area contributed by atoms with Gasteiger partial charge in [0.15, 0.2) is 5.78 Å². The topological polar surface area (TPSA) is 53.8 Å². The Kier molecular flexibility index (Phi) is 9.22. The van der Waals surface area contributed by atoms with E-state index in [4.69, 9.17) is 0 Å². The summed E-state index contributed by atoms with van der Waals surface area (Å²) >= 11 is 0. The predicted octanol–water partition coefficient (Wildman–Crippen LogP) is 5.90. The van der Waals surface area contributed by atoms with E-state index in [-0.39, 0.29) is 5.78 Å². The van der Waals surface area contributed by atoms with Gasteiger partial charge in [-0.25, -0.2) is 0 Å². The largest absolute Gasteiger partial charge is 0.374 e. The van der Waals surface area contributed by atoms with Gasteiger partial charge in [0.1, 0.15) is 5.84 Å². The molecule has 0 aromatic rings. The van der Waals surface area contributed by atoms with Gasteiger partial charge < -0.3 is 5.32 Å². The van der Waals surface area contributed by atoms with Crippen molar-refractivity contribution in [2.75, 3.05) is 13.1 Å². The maximum absolute atomic E-state index is 13.3. The number of carbonyl (C=O) groups is 1. The summed E-state index contributed by atoms with van der Waals surface area (Å²) in [5.74, 6) is 1.67. The highest BCUT2D eigenvalue weighted by Gasteiger charge is 2.27. The monoisotopic (exact) mass is 407 g/mol. The standard InChI is InChI=1S/C26H37N3O/c1-7-28-24(29-8-2)16-22(18(3)4)26(21-11-9-10-14-27-17-21)25-20(6)15-19(5)12-13-23(25)30/h9,11,14,17,19H,3,7-8,10,12-13,15-16H2,1-2,4-6H3,(H,28,29)/b26-22-. The molecule has 0 amide bonds. The van der Waals surface area contributed by atoms with Crippen molar-refractivity contribution in [3.05, 3.63) is 58.4 Å². The zero-order valence-electron chi connectivity index (χ0n) is 19.3. The van der Waals surface area contributed by atoms with Crippen molar-refractivity contribution in [1.29, 1.82) is 0 Å². The molecule has 0 aromatic heterocycles. The molecule has 162 valence electrons. The first-order valence-corrected chi connectivity index (χ1v) is 11.2. The second kappa shape index (κ2) is 11.6. The summed E-state index contributed by atoms with van der Waals surface area (Å²) in [7, 11) is 0. The van der Waals surface area contributed by atoms with Crippen LogP contribution in [0.3, 0.4) is 0 Å². The zero-order valence-corrected chi connectivity index (χ0v) is 19.3. The lowest BCUT2D eigenvalue weighted by Gasteiger charge is -2.21. The lowest BCUT2D eigenvalue weighted by molar-refractivity contribution is -0.115. The molecule has 0 fully saturated rings. The summed E-state index contributed by atoms with van der Waals surface area (Å²) in [4.78, 5) is 22.5. The smallest absolute Gasteiger partial charge is 0.163 e. The lowest BCUT2D eigenvalue weighted by atomic mass is 9.83. The molecule has 1 atom stereocenters. The molecule has 0 saturated heterocycles. The number of ketones is 1. The Hall–Kier alpha value is -2.49. The number of rotatable bonds is 7. The van der Waals surface area contributed by atoms with Crippen LogP contribution in [0.2, 0.25) is 0 Å². The first kappa shape index (κ1) is 23.8. The van der Waals surface area contributed by atoms with Crippen molar-refractivity contribution in [3.63, 3.8) is 0 Å². The van der Waals surface area contributed by atoms with E-state index < -0.39 is 0 Å². The van der Waals surface area contributed by atoms with Crippen LogP contribution in [0.1, 0.15) is 66.7 Å². The number of aliphatic imine (C=N–C) groups is 2. The van der Waals surface area contributed by atoms with Gasteiger partial charge in [0.05, 0.1) is 0 Å². The molecule has 0 spiro atoms. The Bertz CT molecular complexity index is 850. The van der Waals surface area contributed by atoms with E-state index in [9.17, 15) is 4.79 Å². The normalized spacial score (nSPS) is 21.1. The molecule has 1 heterocycles. The quantitative estimate of drug-likeness (QED) is 0.325. The Morgan fingerprint density at radius 3 is 2.80 bits per heavy atom. The van der Waals surface area contributed by atoms with Gasteiger partial charge in [-0.1, -0.05) is 36.8 Å². The molecule has 1 aliphatic carbocycles. The van der Waals surface area contributed by atoms with Crippen molar-refractivity contribution in [3.8, 4) is 0 Å². The summed E-state index contributed by atoms with van der Waals surface area (Å²) in [6.07, 6.45) is 11.8. The third kappa shape index (κ3) is 6.25. The predicted molar refractivity (Wildman–Crippen MR) is 129 cm³/mol. The second-order valence-corrected chi connectivity index (χ2v) is 8.24. The van der Waals surface area contributed by atoms with Crippen molar-refractivity contribution in [1.82, 2.24) is 5.32 Å². The van der Waals surface area contributed by atoms with Crippen LogP contribution in [0.25, 0.3) is 0 Å². The van der Waals surface area contributed by atoms with Crippen LogP contribution in [0.5, 0.6) is 0 Å². The van der Waals surface area contributed by atoms with Crippen molar-refractivity contribution >= 4 is 17.8 Å². The van der Waals surface area contributed by atoms with E-state index in [1.807, 2.05) is 26.3 Å². The summed E-state index contributed by atoms with van der Waals surface area (Å²) in [6, 6.07) is 0. The van der Waals surface area contributed by atoms with Crippen LogP contribution in [0.15, 0.2) is 68.4 Å². The van der Waals surface area contributed by atoms with Gasteiger partial charge in [-0.2, -0.15) is 0 Å². The fourth-order valence-corrected chi connectivity index (χ4v) is 4.12. The minimum atomic E-state index is 0.227. The Morgan fingerprint density at radius 2 is 2.13 bits per heavy atom. The molecule has 30 heavy (non-hydrogen) atoms. The number of allylic oxidation sites excluding steroid dienone is 7. The molecule has 4 heteroatoms. The first-order chi connectivity index (χ1) is 14.4. The van der Waals surface area contributed by atoms with E-state index in [2.05, 4.69) is 54.8 Å². The number of carbonyl (C=O) groups excluding carboxylic acids is 1. The first-order valence-electron chi connectivity index (χ1n) is 11.2. The number of hydrogen-bond donors (Lipinski definition) is 1. The van der Waals surface area contributed by atoms with E-state index in [1.54, 1.807) is 0 Å². The number of nitrogens with zero attached hydrogens (tertiary/aromatic N) is 2. The highest BCUT2D eigenvalue weighted by atomic mass is 16.1. The van der Waals surface area contributed by atoms with E-state index in [1.165, 1.54) is 5.57 Å². The van der Waals surface area contributed by atoms with Crippen molar-refractivity contribution in [2.24, 2.45) is 15.9 Å². The van der Waals surface area contributed by atoms with Crippen LogP contribution >= 0.6 is 0 Å². The lowest BCUT2D eigenvalue weighted by Crippen LogP contribution is -2.25. The molecule has 0 radical (unpaired) electrons. The summed E-state index contributed by atoms with van der Waals surface area (Å²) in [5, 5.41) is 3.39. The van der Waals surface area contributed by atoms with E-state index in [0.29, 0.717) is 25.3 Å². The highest BCUT2D eigenvalue weighted by Crippen LogP contribution is 2.37. The molecular formula is C26H37N3O. The van der Waals surface area contributed by atoms with Gasteiger partial charge in [0.25, 0.3) is 0 Å². The second-order valence-electron chi connectivity index (χ2n) is 8.24. The zero-order chi connectivity index (χ0) is 22.1. The minimum Gasteiger partial charge on any atom is -0.374 e. The van der Waals surface area contributed by atoms with Crippen LogP contribution in [-0.4, -0.2) is 30.9 Å². The number of hydrogen-bond acceptors (Lipinski definition) is 3. The minimum absolute atomic E-state index is 0.227. The van der Waals surface area contributed by atoms with Gasteiger partial charge in [-0.15, -0.1) is 0 Å². The number of Topliss-reactive ketones (excluding diaryl/α,β-unsaturated/α-hetero) is 1. The summed E-state index contributed by atoms with van der Waals surface area (Å²) in [6.45, 7) is 16.3. The number of amidine groups is 1. The SMILES string of the molecule is C=C(C)/C(CC(=NCC)NCC)=C(/C1=CN=CCC=C1)C1=C(C)CC(C)CCC1=O. The molecule has 0 aromatic carbocycles. The molecule has 0 saturated carbocycles. The Labute approximate surface area is 182 Å². The summed E-state index contributed by atoms with van der Waals surface area (Å²) in [5.41, 5.74) is 6.01. The molecule has 1 unspecified atom stereocenters. The molecule has 1 aliphatic heterocycles. The van der Waals surface area contributed by atoms with Crippen LogP contribution in [0.4, 0.5) is 0 Å². The van der Waals surface area contributed by atoms with Crippen molar-refractivity contribution < 1.29 is 4.79 Å². The molecule has 0 bridgehead atoms. The fraction of sp³-hybridized carbons (Fsp3) is 0.500. The van der Waals surface area contributed by atoms with Gasteiger partial charge in [0.2, 0.25) is 0 Å². The molecule has 4 nitrogen and oxygen atoms in total. The Balaban J connectivity index is 2.77. The van der Waals surface area contributed by atoms with E-state index >= 15 is 0 Å². The van der Waals surface area contributed by atoms with Gasteiger partial charge >= 0.3 is 0 Å². The third-order valence-corrected chi connectivity index (χ3v) is 5.51. The number of nitrogens with one attached hydrogen (secondary N) is 1. The van der Waals surface area contributed by atoms with Gasteiger partial charge in [-0.3, -0.25) is 14.8 Å². The fourth-order valence-electron chi connectivity index (χ4n) is 4.12. The highest BCUT2D eigenvalue weighted by molar-refractivity contribution is 6.03. The van der Waals surface area contributed by atoms with Crippen LogP contribution in [-0.2, 0) is 4.79 Å². The van der Waals surface area contributed by atoms with Crippen molar-refractivity contribution in [2.45, 2.75) is 66.7 Å². The molecule has 2 aliphatic rings. The van der Waals surface area contributed by atoms with Crippen LogP contribution < -0.4 is 5.32 Å². The molecule has 1 N–H and O–H groups in total. The maximum Gasteiger partial charge on any atom is 0.163 e. The molecular weight excluding hydrogens is 370 g/mol. The van der Waals surface area contributed by atoms with Gasteiger partial charge in [-0.05, 0) is 57.6 Å². The summed E-state index contributed by atoms with van der Waals surface area (Å²) < 4.78 is 0. The third-order valence-electron chi connectivity index (χ3n) is 5.51. The van der Waals surface area contributed by atoms with E-state index in [0.717, 1.165) is 59.5 Å².